The highest BCUT2D eigenvalue weighted by Crippen LogP contribution is 2.18. The highest BCUT2D eigenvalue weighted by atomic mass is 16.5. The van der Waals surface area contributed by atoms with E-state index in [0.717, 1.165) is 5.56 Å². The largest absolute Gasteiger partial charge is 0.481 e. The third-order valence-corrected chi connectivity index (χ3v) is 2.08. The molecule has 0 radical (unpaired) electrons. The summed E-state index contributed by atoms with van der Waals surface area (Å²) < 4.78 is 5.31. The Morgan fingerprint density at radius 1 is 1.67 bits per heavy atom. The minimum Gasteiger partial charge on any atom is -0.481 e. The van der Waals surface area contributed by atoms with Gasteiger partial charge in [0.05, 0.1) is 12.5 Å². The van der Waals surface area contributed by atoms with Gasteiger partial charge in [-0.25, -0.2) is 4.98 Å². The molecule has 0 aliphatic heterocycles. The summed E-state index contributed by atoms with van der Waals surface area (Å²) in [6.07, 6.45) is 2.08. The molecular formula is C11H15NO3. The lowest BCUT2D eigenvalue weighted by molar-refractivity contribution is -0.141. The van der Waals surface area contributed by atoms with E-state index in [-0.39, 0.29) is 0 Å². The van der Waals surface area contributed by atoms with Gasteiger partial charge in [0.15, 0.2) is 0 Å². The number of hydrogen-bond donors (Lipinski definition) is 1. The maximum absolute atomic E-state index is 10.7. The second-order valence-electron chi connectivity index (χ2n) is 3.34. The van der Waals surface area contributed by atoms with E-state index in [1.807, 2.05) is 13.0 Å². The molecule has 4 nitrogen and oxygen atoms in total. The van der Waals surface area contributed by atoms with Crippen LogP contribution in [-0.2, 0) is 11.2 Å². The molecule has 0 aromatic carbocycles. The van der Waals surface area contributed by atoms with Crippen molar-refractivity contribution < 1.29 is 14.6 Å². The molecule has 1 aromatic rings. The fourth-order valence-electron chi connectivity index (χ4n) is 1.26. The van der Waals surface area contributed by atoms with Gasteiger partial charge in [0, 0.05) is 11.8 Å². The number of carboxylic acids is 1. The Hall–Kier alpha value is -1.58. The van der Waals surface area contributed by atoms with E-state index in [1.165, 1.54) is 0 Å². The van der Waals surface area contributed by atoms with Crippen LogP contribution >= 0.6 is 0 Å². The molecule has 0 saturated carbocycles. The summed E-state index contributed by atoms with van der Waals surface area (Å²) in [5.41, 5.74) is 0.842. The Kier molecular flexibility index (Phi) is 4.09. The van der Waals surface area contributed by atoms with Gasteiger partial charge in [-0.3, -0.25) is 4.79 Å². The summed E-state index contributed by atoms with van der Waals surface area (Å²) in [6, 6.07) is 3.63. The van der Waals surface area contributed by atoms with Crippen LogP contribution in [-0.4, -0.2) is 22.7 Å². The van der Waals surface area contributed by atoms with Gasteiger partial charge in [0.2, 0.25) is 5.88 Å². The number of pyridine rings is 1. The number of aromatic nitrogens is 1. The fourth-order valence-corrected chi connectivity index (χ4v) is 1.26. The molecule has 1 N–H and O–H groups in total. The Morgan fingerprint density at radius 3 is 3.00 bits per heavy atom. The molecule has 0 fully saturated rings. The van der Waals surface area contributed by atoms with Gasteiger partial charge in [0.1, 0.15) is 0 Å². The monoisotopic (exact) mass is 209 g/mol. The van der Waals surface area contributed by atoms with Crippen molar-refractivity contribution in [3.05, 3.63) is 23.9 Å². The van der Waals surface area contributed by atoms with E-state index < -0.39 is 11.9 Å². The van der Waals surface area contributed by atoms with Crippen LogP contribution in [0.2, 0.25) is 0 Å². The average molecular weight is 209 g/mol. The van der Waals surface area contributed by atoms with Gasteiger partial charge >= 0.3 is 5.97 Å². The van der Waals surface area contributed by atoms with Gasteiger partial charge in [0.25, 0.3) is 0 Å². The lowest BCUT2D eigenvalue weighted by atomic mass is 10.0. The minimum atomic E-state index is -0.804. The number of hydrogen-bond acceptors (Lipinski definition) is 3. The molecule has 1 rings (SSSR count). The van der Waals surface area contributed by atoms with Crippen LogP contribution in [0.3, 0.4) is 0 Å². The molecule has 0 bridgehead atoms. The molecule has 0 spiro atoms. The van der Waals surface area contributed by atoms with Crippen molar-refractivity contribution in [1.82, 2.24) is 4.98 Å². The average Bonchev–Trinajstić information content (AvgIpc) is 2.21. The lowest BCUT2D eigenvalue weighted by Gasteiger charge is -2.10. The zero-order valence-electron chi connectivity index (χ0n) is 8.93. The minimum absolute atomic E-state index is 0.423. The summed E-state index contributed by atoms with van der Waals surface area (Å²) in [4.78, 5) is 14.8. The zero-order chi connectivity index (χ0) is 11.3. The van der Waals surface area contributed by atoms with Gasteiger partial charge in [-0.05, 0) is 19.4 Å². The number of carboxylic acid groups (broad SMARTS) is 1. The van der Waals surface area contributed by atoms with Crippen LogP contribution in [0.5, 0.6) is 5.88 Å². The predicted molar refractivity (Wildman–Crippen MR) is 55.9 cm³/mol. The molecule has 4 heteroatoms. The van der Waals surface area contributed by atoms with Gasteiger partial charge < -0.3 is 9.84 Å². The number of rotatable bonds is 5. The molecule has 1 aromatic heterocycles. The lowest BCUT2D eigenvalue weighted by Crippen LogP contribution is -2.13. The molecule has 15 heavy (non-hydrogen) atoms. The smallest absolute Gasteiger partial charge is 0.306 e. The van der Waals surface area contributed by atoms with E-state index in [2.05, 4.69) is 4.98 Å². The van der Waals surface area contributed by atoms with E-state index in [1.54, 1.807) is 19.2 Å². The third kappa shape index (κ3) is 3.23. The molecule has 1 atom stereocenters. The summed E-state index contributed by atoms with van der Waals surface area (Å²) in [5, 5.41) is 8.80. The Labute approximate surface area is 88.9 Å². The summed E-state index contributed by atoms with van der Waals surface area (Å²) in [5.74, 6) is -0.692. The molecule has 0 saturated heterocycles. The number of carbonyl (C=O) groups is 1. The van der Waals surface area contributed by atoms with Crippen molar-refractivity contribution in [3.63, 3.8) is 0 Å². The second kappa shape index (κ2) is 5.34. The summed E-state index contributed by atoms with van der Waals surface area (Å²) in [7, 11) is 0. The van der Waals surface area contributed by atoms with E-state index in [0.29, 0.717) is 18.9 Å². The third-order valence-electron chi connectivity index (χ3n) is 2.08. The molecule has 0 aliphatic carbocycles. The highest BCUT2D eigenvalue weighted by Gasteiger charge is 2.14. The van der Waals surface area contributed by atoms with Crippen LogP contribution in [0.25, 0.3) is 0 Å². The molecular weight excluding hydrogens is 194 g/mol. The predicted octanol–water partition coefficient (Wildman–Crippen LogP) is 1.74. The summed E-state index contributed by atoms with van der Waals surface area (Å²) >= 11 is 0. The number of nitrogens with zero attached hydrogens (tertiary/aromatic N) is 1. The van der Waals surface area contributed by atoms with Gasteiger partial charge in [-0.2, -0.15) is 0 Å². The first-order chi connectivity index (χ1) is 7.15. The van der Waals surface area contributed by atoms with Gasteiger partial charge in [-0.15, -0.1) is 0 Å². The standard InChI is InChI=1S/C11H15NO3/c1-3-15-10-9(5-4-6-12-10)7-8(2)11(13)14/h4-6,8H,3,7H2,1-2H3,(H,13,14). The topological polar surface area (TPSA) is 59.4 Å². The highest BCUT2D eigenvalue weighted by molar-refractivity contribution is 5.70. The molecule has 1 unspecified atom stereocenters. The zero-order valence-corrected chi connectivity index (χ0v) is 8.93. The molecule has 82 valence electrons. The maximum atomic E-state index is 10.7. The Bertz CT molecular complexity index is 338. The normalized spacial score (nSPS) is 12.1. The molecule has 0 aliphatic rings. The van der Waals surface area contributed by atoms with Crippen molar-refractivity contribution in [2.24, 2.45) is 5.92 Å². The van der Waals surface area contributed by atoms with E-state index in [4.69, 9.17) is 9.84 Å². The number of aliphatic carboxylic acids is 1. The first-order valence-electron chi connectivity index (χ1n) is 4.94. The van der Waals surface area contributed by atoms with Crippen molar-refractivity contribution in [3.8, 4) is 5.88 Å². The van der Waals surface area contributed by atoms with Crippen molar-refractivity contribution in [2.75, 3.05) is 6.61 Å². The van der Waals surface area contributed by atoms with Crippen LogP contribution in [0.15, 0.2) is 18.3 Å². The first kappa shape index (κ1) is 11.5. The van der Waals surface area contributed by atoms with Crippen molar-refractivity contribution in [2.45, 2.75) is 20.3 Å². The summed E-state index contributed by atoms with van der Waals surface area (Å²) in [6.45, 7) is 4.08. The van der Waals surface area contributed by atoms with Crippen molar-refractivity contribution in [1.29, 1.82) is 0 Å². The Balaban J connectivity index is 2.79. The van der Waals surface area contributed by atoms with E-state index >= 15 is 0 Å². The van der Waals surface area contributed by atoms with Gasteiger partial charge in [-0.1, -0.05) is 13.0 Å². The van der Waals surface area contributed by atoms with Crippen LogP contribution < -0.4 is 4.74 Å². The maximum Gasteiger partial charge on any atom is 0.306 e. The van der Waals surface area contributed by atoms with Crippen LogP contribution in [0.1, 0.15) is 19.4 Å². The first-order valence-corrected chi connectivity index (χ1v) is 4.94. The molecule has 0 amide bonds. The second-order valence-corrected chi connectivity index (χ2v) is 3.34. The van der Waals surface area contributed by atoms with Crippen LogP contribution in [0, 0.1) is 5.92 Å². The number of ether oxygens (including phenoxy) is 1. The van der Waals surface area contributed by atoms with E-state index in [9.17, 15) is 4.79 Å². The molecule has 1 heterocycles. The fraction of sp³-hybridized carbons (Fsp3) is 0.455. The Morgan fingerprint density at radius 2 is 2.40 bits per heavy atom. The SMILES string of the molecule is CCOc1ncccc1CC(C)C(=O)O. The van der Waals surface area contributed by atoms with Crippen molar-refractivity contribution >= 4 is 5.97 Å². The van der Waals surface area contributed by atoms with Crippen LogP contribution in [0.4, 0.5) is 0 Å². The quantitative estimate of drug-likeness (QED) is 0.802.